The van der Waals surface area contributed by atoms with Gasteiger partial charge < -0.3 is 14.4 Å². The van der Waals surface area contributed by atoms with E-state index in [2.05, 4.69) is 6.92 Å². The van der Waals surface area contributed by atoms with E-state index >= 15 is 0 Å². The third-order valence-corrected chi connectivity index (χ3v) is 5.72. The maximum Gasteiger partial charge on any atom is 0.340 e. The van der Waals surface area contributed by atoms with Gasteiger partial charge in [0.15, 0.2) is 0 Å². The molecule has 0 aromatic carbocycles. The maximum atomic E-state index is 12.4. The van der Waals surface area contributed by atoms with Crippen molar-refractivity contribution >= 4 is 11.9 Å². The Balaban J connectivity index is 2.01. The van der Waals surface area contributed by atoms with Crippen molar-refractivity contribution in [3.05, 3.63) is 23.0 Å². The molecule has 2 rings (SSSR count). The molecular weight excluding hydrogens is 330 g/mol. The fourth-order valence-corrected chi connectivity index (χ4v) is 4.18. The summed E-state index contributed by atoms with van der Waals surface area (Å²) in [5.74, 6) is -1.32. The van der Waals surface area contributed by atoms with Crippen molar-refractivity contribution in [1.29, 1.82) is 0 Å². The van der Waals surface area contributed by atoms with E-state index in [-0.39, 0.29) is 5.97 Å². The fraction of sp³-hybridized carbons (Fsp3) is 0.714. The highest BCUT2D eigenvalue weighted by Crippen LogP contribution is 2.41. The summed E-state index contributed by atoms with van der Waals surface area (Å²) >= 11 is 0. The Kier molecular flexibility index (Phi) is 6.90. The van der Waals surface area contributed by atoms with Gasteiger partial charge in [-0.05, 0) is 32.3 Å². The molecule has 5 nitrogen and oxygen atoms in total. The van der Waals surface area contributed by atoms with Crippen molar-refractivity contribution in [1.82, 2.24) is 4.57 Å². The number of esters is 1. The molecule has 1 N–H and O–H groups in total. The predicted octanol–water partition coefficient (Wildman–Crippen LogP) is 4.75. The van der Waals surface area contributed by atoms with Crippen molar-refractivity contribution in [2.75, 3.05) is 0 Å². The number of fused-ring (bicyclic) bond motifs is 1. The van der Waals surface area contributed by atoms with Crippen molar-refractivity contribution in [3.8, 4) is 0 Å². The van der Waals surface area contributed by atoms with Crippen LogP contribution in [0.3, 0.4) is 0 Å². The minimum absolute atomic E-state index is 0.388. The summed E-state index contributed by atoms with van der Waals surface area (Å²) in [5, 5.41) is 9.95. The van der Waals surface area contributed by atoms with Crippen LogP contribution in [0.1, 0.15) is 93.3 Å². The lowest BCUT2D eigenvalue weighted by Gasteiger charge is -2.38. The lowest BCUT2D eigenvalue weighted by molar-refractivity contribution is -0.149. The summed E-state index contributed by atoms with van der Waals surface area (Å²) in [7, 11) is 1.80. The van der Waals surface area contributed by atoms with Gasteiger partial charge >= 0.3 is 11.9 Å². The number of aryl methyl sites for hydroxylation is 2. The van der Waals surface area contributed by atoms with Gasteiger partial charge in [0.1, 0.15) is 11.5 Å². The fourth-order valence-electron chi connectivity index (χ4n) is 4.18. The Morgan fingerprint density at radius 1 is 1.19 bits per heavy atom. The number of nitrogens with zero attached hydrogens (tertiary/aromatic N) is 1. The number of aromatic nitrogens is 1. The van der Waals surface area contributed by atoms with E-state index in [0.717, 1.165) is 24.8 Å². The molecule has 0 bridgehead atoms. The Morgan fingerprint density at radius 2 is 1.77 bits per heavy atom. The highest BCUT2D eigenvalue weighted by atomic mass is 16.5. The molecule has 1 aliphatic rings. The van der Waals surface area contributed by atoms with Crippen LogP contribution in [-0.4, -0.2) is 27.7 Å². The van der Waals surface area contributed by atoms with E-state index in [1.54, 1.807) is 18.5 Å². The normalized spacial score (nSPS) is 22.2. The van der Waals surface area contributed by atoms with Crippen LogP contribution in [0.2, 0.25) is 0 Å². The van der Waals surface area contributed by atoms with Gasteiger partial charge in [-0.3, -0.25) is 4.79 Å². The number of cyclic esters (lactones) is 1. The van der Waals surface area contributed by atoms with E-state index in [1.165, 1.54) is 32.1 Å². The molecule has 146 valence electrons. The average molecular weight is 363 g/mol. The summed E-state index contributed by atoms with van der Waals surface area (Å²) in [5.41, 5.74) is 0.561. The van der Waals surface area contributed by atoms with E-state index in [9.17, 15) is 14.7 Å². The molecule has 0 saturated heterocycles. The van der Waals surface area contributed by atoms with Gasteiger partial charge in [-0.25, -0.2) is 4.79 Å². The van der Waals surface area contributed by atoms with Crippen LogP contribution < -0.4 is 0 Å². The highest BCUT2D eigenvalue weighted by molar-refractivity contribution is 5.98. The number of rotatable bonds is 10. The number of aliphatic carboxylic acids is 1. The quantitative estimate of drug-likeness (QED) is 0.481. The summed E-state index contributed by atoms with van der Waals surface area (Å²) in [6.45, 7) is 5.72. The molecule has 0 fully saturated rings. The van der Waals surface area contributed by atoms with E-state index in [1.807, 2.05) is 13.1 Å². The zero-order valence-electron chi connectivity index (χ0n) is 16.6. The Labute approximate surface area is 156 Å². The number of carbonyl (C=O) groups excluding carboxylic acids is 1. The van der Waals surface area contributed by atoms with Crippen LogP contribution >= 0.6 is 0 Å². The highest BCUT2D eigenvalue weighted by Gasteiger charge is 2.53. The van der Waals surface area contributed by atoms with E-state index in [4.69, 9.17) is 4.74 Å². The predicted molar refractivity (Wildman–Crippen MR) is 102 cm³/mol. The largest absolute Gasteiger partial charge is 0.480 e. The van der Waals surface area contributed by atoms with Gasteiger partial charge in [0.05, 0.1) is 11.3 Å². The maximum absolute atomic E-state index is 12.4. The first kappa shape index (κ1) is 20.5. The first-order valence-corrected chi connectivity index (χ1v) is 9.94. The number of carbonyl (C=O) groups is 2. The third-order valence-electron chi connectivity index (χ3n) is 5.72. The molecule has 1 aliphatic heterocycles. The zero-order chi connectivity index (χ0) is 19.3. The van der Waals surface area contributed by atoms with Gasteiger partial charge in [0, 0.05) is 13.2 Å². The smallest absolute Gasteiger partial charge is 0.340 e. The van der Waals surface area contributed by atoms with Crippen LogP contribution in [0.4, 0.5) is 0 Å². The lowest BCUT2D eigenvalue weighted by Crippen LogP contribution is -2.51. The summed E-state index contributed by atoms with van der Waals surface area (Å²) < 4.78 is 7.39. The SMILES string of the molecule is CCCCCCCCCCC1OC(=O)c2c(C)cn(C)c2C1(C)C(=O)O. The first-order chi connectivity index (χ1) is 12.3. The Morgan fingerprint density at radius 3 is 2.35 bits per heavy atom. The number of unbranched alkanes of at least 4 members (excludes halogenated alkanes) is 7. The second-order valence-electron chi connectivity index (χ2n) is 7.81. The van der Waals surface area contributed by atoms with Gasteiger partial charge in [0.2, 0.25) is 0 Å². The van der Waals surface area contributed by atoms with Crippen molar-refractivity contribution in [3.63, 3.8) is 0 Å². The van der Waals surface area contributed by atoms with Crippen molar-refractivity contribution < 1.29 is 19.4 Å². The molecule has 0 amide bonds. The number of ether oxygens (including phenoxy) is 1. The molecule has 5 heteroatoms. The molecule has 0 spiro atoms. The molecule has 1 aromatic rings. The third kappa shape index (κ3) is 3.97. The molecule has 0 saturated carbocycles. The molecule has 2 heterocycles. The summed E-state index contributed by atoms with van der Waals surface area (Å²) in [4.78, 5) is 24.6. The second kappa shape index (κ2) is 8.74. The van der Waals surface area contributed by atoms with Crippen LogP contribution in [0.5, 0.6) is 0 Å². The van der Waals surface area contributed by atoms with Crippen LogP contribution in [0, 0.1) is 6.92 Å². The molecule has 2 atom stereocenters. The Bertz CT molecular complexity index is 649. The number of hydrogen-bond acceptors (Lipinski definition) is 3. The van der Waals surface area contributed by atoms with Gasteiger partial charge in [0.25, 0.3) is 0 Å². The first-order valence-electron chi connectivity index (χ1n) is 9.94. The topological polar surface area (TPSA) is 68.5 Å². The zero-order valence-corrected chi connectivity index (χ0v) is 16.6. The van der Waals surface area contributed by atoms with E-state index < -0.39 is 17.5 Å². The molecule has 0 radical (unpaired) electrons. The number of carboxylic acids is 1. The van der Waals surface area contributed by atoms with Crippen LogP contribution in [0.25, 0.3) is 0 Å². The molecular formula is C21H33NO4. The van der Waals surface area contributed by atoms with Crippen LogP contribution in [0.15, 0.2) is 6.20 Å². The van der Waals surface area contributed by atoms with Crippen molar-refractivity contribution in [2.45, 2.75) is 90.1 Å². The summed E-state index contributed by atoms with van der Waals surface area (Å²) in [6.07, 6.45) is 11.2. The average Bonchev–Trinajstić information content (AvgIpc) is 2.89. The molecule has 0 aliphatic carbocycles. The van der Waals surface area contributed by atoms with Crippen molar-refractivity contribution in [2.24, 2.45) is 7.05 Å². The van der Waals surface area contributed by atoms with Crippen LogP contribution in [-0.2, 0) is 22.0 Å². The minimum atomic E-state index is -1.20. The molecule has 1 aromatic heterocycles. The monoisotopic (exact) mass is 363 g/mol. The standard InChI is InChI=1S/C21H33NO4/c1-5-6-7-8-9-10-11-12-13-16-21(3,20(24)25)18-17(19(23)26-16)15(2)14-22(18)4/h14,16H,5-13H2,1-4H3,(H,24,25). The lowest BCUT2D eigenvalue weighted by atomic mass is 9.75. The number of carboxylic acid groups (broad SMARTS) is 1. The van der Waals surface area contributed by atoms with E-state index in [0.29, 0.717) is 17.7 Å². The number of hydrogen-bond donors (Lipinski definition) is 1. The van der Waals surface area contributed by atoms with Gasteiger partial charge in [-0.1, -0.05) is 51.9 Å². The minimum Gasteiger partial charge on any atom is -0.480 e. The molecule has 2 unspecified atom stereocenters. The summed E-state index contributed by atoms with van der Waals surface area (Å²) in [6, 6.07) is 0. The Hall–Kier alpha value is -1.78. The van der Waals surface area contributed by atoms with Gasteiger partial charge in [-0.2, -0.15) is 0 Å². The molecule has 26 heavy (non-hydrogen) atoms. The second-order valence-corrected chi connectivity index (χ2v) is 7.81. The van der Waals surface area contributed by atoms with Gasteiger partial charge in [-0.15, -0.1) is 0 Å².